The molecule has 2 aromatic carbocycles. The van der Waals surface area contributed by atoms with E-state index in [0.29, 0.717) is 18.8 Å². The van der Waals surface area contributed by atoms with Gasteiger partial charge in [-0.1, -0.05) is 37.8 Å². The molecule has 1 N–H and O–H groups in total. The van der Waals surface area contributed by atoms with E-state index in [9.17, 15) is 9.18 Å². The van der Waals surface area contributed by atoms with Gasteiger partial charge in [-0.3, -0.25) is 4.79 Å². The van der Waals surface area contributed by atoms with Crippen molar-refractivity contribution in [1.29, 1.82) is 0 Å². The second kappa shape index (κ2) is 10.9. The molecule has 0 unspecified atom stereocenters. The first-order valence-corrected chi connectivity index (χ1v) is 12.1. The van der Waals surface area contributed by atoms with Crippen molar-refractivity contribution in [2.75, 3.05) is 13.2 Å². The monoisotopic (exact) mass is 473 g/mol. The van der Waals surface area contributed by atoms with Gasteiger partial charge in [-0.15, -0.1) is 0 Å². The van der Waals surface area contributed by atoms with E-state index in [2.05, 4.69) is 18.8 Å². The number of aryl methyl sites for hydroxylation is 2. The van der Waals surface area contributed by atoms with Gasteiger partial charge in [0.1, 0.15) is 11.6 Å². The van der Waals surface area contributed by atoms with Crippen LogP contribution in [0.4, 0.5) is 4.39 Å². The molecule has 3 aromatic rings. The van der Waals surface area contributed by atoms with E-state index >= 15 is 0 Å². The Morgan fingerprint density at radius 3 is 2.66 bits per heavy atom. The Bertz CT molecular complexity index is 1260. The zero-order valence-corrected chi connectivity index (χ0v) is 20.6. The lowest BCUT2D eigenvalue weighted by Gasteiger charge is -2.23. The highest BCUT2D eigenvalue weighted by Gasteiger charge is 2.22. The second-order valence-electron chi connectivity index (χ2n) is 8.86. The smallest absolute Gasteiger partial charge is 0.251 e. The van der Waals surface area contributed by atoms with Gasteiger partial charge in [-0.25, -0.2) is 4.39 Å². The van der Waals surface area contributed by atoms with Gasteiger partial charge in [0.15, 0.2) is 0 Å². The minimum atomic E-state index is -0.299. The molecular formula is C30H32FNO3. The number of hydrogen-bond acceptors (Lipinski definition) is 3. The first-order valence-electron chi connectivity index (χ1n) is 12.1. The maximum Gasteiger partial charge on any atom is 0.251 e. The van der Waals surface area contributed by atoms with Crippen LogP contribution in [0.3, 0.4) is 0 Å². The van der Waals surface area contributed by atoms with Crippen LogP contribution in [-0.2, 0) is 11.2 Å². The predicted molar refractivity (Wildman–Crippen MR) is 139 cm³/mol. The van der Waals surface area contributed by atoms with Crippen LogP contribution in [0.5, 0.6) is 0 Å². The highest BCUT2D eigenvalue weighted by Crippen LogP contribution is 2.40. The van der Waals surface area contributed by atoms with E-state index in [1.54, 1.807) is 12.3 Å². The van der Waals surface area contributed by atoms with Crippen molar-refractivity contribution in [2.45, 2.75) is 46.1 Å². The molecule has 1 aromatic heterocycles. The Labute approximate surface area is 206 Å². The lowest BCUT2D eigenvalue weighted by molar-refractivity contribution is 0.0696. The molecule has 35 heavy (non-hydrogen) atoms. The number of rotatable bonds is 7. The Balaban J connectivity index is 1.65. The maximum absolute atomic E-state index is 13.9. The van der Waals surface area contributed by atoms with Crippen LogP contribution in [0, 0.1) is 12.7 Å². The molecule has 182 valence electrons. The molecule has 1 aliphatic rings. The Morgan fingerprint density at radius 1 is 1.20 bits per heavy atom. The second-order valence-corrected chi connectivity index (χ2v) is 8.86. The SMILES string of the molecule is C=C(/C(=C/C)c1ccc(C(=O)NC2CCOCC2)cc1CC)c1c(-c2cccc(F)c2)coc1C. The van der Waals surface area contributed by atoms with Crippen LogP contribution in [0.2, 0.25) is 0 Å². The number of ether oxygens (including phenoxy) is 1. The van der Waals surface area contributed by atoms with Crippen LogP contribution < -0.4 is 5.32 Å². The summed E-state index contributed by atoms with van der Waals surface area (Å²) < 4.78 is 25.1. The molecule has 1 fully saturated rings. The summed E-state index contributed by atoms with van der Waals surface area (Å²) in [6.07, 6.45) is 6.12. The molecule has 0 radical (unpaired) electrons. The van der Waals surface area contributed by atoms with E-state index in [4.69, 9.17) is 9.15 Å². The van der Waals surface area contributed by atoms with Crippen LogP contribution in [0.15, 0.2) is 65.8 Å². The fourth-order valence-electron chi connectivity index (χ4n) is 4.73. The summed E-state index contributed by atoms with van der Waals surface area (Å²) in [7, 11) is 0. The van der Waals surface area contributed by atoms with Crippen molar-refractivity contribution >= 4 is 17.1 Å². The van der Waals surface area contributed by atoms with E-state index in [1.165, 1.54) is 12.1 Å². The maximum atomic E-state index is 13.9. The third kappa shape index (κ3) is 5.30. The summed E-state index contributed by atoms with van der Waals surface area (Å²) in [5.74, 6) is 0.365. The fraction of sp³-hybridized carbons (Fsp3) is 0.300. The molecule has 5 heteroatoms. The molecule has 4 rings (SSSR count). The predicted octanol–water partition coefficient (Wildman–Crippen LogP) is 6.98. The first kappa shape index (κ1) is 24.7. The van der Waals surface area contributed by atoms with Gasteiger partial charge in [0.05, 0.1) is 6.26 Å². The van der Waals surface area contributed by atoms with Crippen molar-refractivity contribution in [3.05, 3.63) is 95.2 Å². The summed E-state index contributed by atoms with van der Waals surface area (Å²) in [6.45, 7) is 11.7. The minimum absolute atomic E-state index is 0.0573. The number of furan rings is 1. The average molecular weight is 474 g/mol. The fourth-order valence-corrected chi connectivity index (χ4v) is 4.73. The standard InChI is InChI=1S/C30H32FNO3/c1-5-21-16-23(30(33)32-25-12-14-34-15-13-25)10-11-27(21)26(6-2)19(3)29-20(4)35-18-28(29)22-8-7-9-24(31)17-22/h6-11,16-18,25H,3,5,12-15H2,1-2,4H3,(H,32,33)/b26-6-. The molecule has 0 atom stereocenters. The average Bonchev–Trinajstić information content (AvgIpc) is 3.26. The summed E-state index contributed by atoms with van der Waals surface area (Å²) in [5, 5.41) is 3.14. The van der Waals surface area contributed by atoms with Crippen molar-refractivity contribution in [1.82, 2.24) is 5.32 Å². The Hall–Kier alpha value is -3.44. The highest BCUT2D eigenvalue weighted by molar-refractivity contribution is 6.08. The minimum Gasteiger partial charge on any atom is -0.468 e. The number of nitrogens with one attached hydrogen (secondary N) is 1. The number of carbonyl (C=O) groups excluding carboxylic acids is 1. The molecule has 1 amide bonds. The number of amides is 1. The first-order chi connectivity index (χ1) is 16.9. The van der Waals surface area contributed by atoms with Gasteiger partial charge in [0, 0.05) is 35.9 Å². The zero-order chi connectivity index (χ0) is 24.9. The van der Waals surface area contributed by atoms with Gasteiger partial charge >= 0.3 is 0 Å². The third-order valence-corrected chi connectivity index (χ3v) is 6.62. The zero-order valence-electron chi connectivity index (χ0n) is 20.6. The van der Waals surface area contributed by atoms with Crippen LogP contribution in [-0.4, -0.2) is 25.2 Å². The molecule has 2 heterocycles. The molecular weight excluding hydrogens is 441 g/mol. The van der Waals surface area contributed by atoms with Gasteiger partial charge in [-0.05, 0) is 85.2 Å². The normalized spacial score (nSPS) is 14.7. The molecule has 0 bridgehead atoms. The quantitative estimate of drug-likeness (QED) is 0.377. The summed E-state index contributed by atoms with van der Waals surface area (Å²) >= 11 is 0. The largest absolute Gasteiger partial charge is 0.468 e. The Morgan fingerprint density at radius 2 is 1.97 bits per heavy atom. The summed E-state index contributed by atoms with van der Waals surface area (Å²) in [4.78, 5) is 12.9. The highest BCUT2D eigenvalue weighted by atomic mass is 19.1. The lowest BCUT2D eigenvalue weighted by atomic mass is 9.86. The third-order valence-electron chi connectivity index (χ3n) is 6.62. The molecule has 0 spiro atoms. The van der Waals surface area contributed by atoms with Gasteiger partial charge in [0.2, 0.25) is 0 Å². The van der Waals surface area contributed by atoms with Crippen LogP contribution in [0.1, 0.15) is 59.5 Å². The molecule has 0 saturated carbocycles. The van der Waals surface area contributed by atoms with Gasteiger partial charge in [-0.2, -0.15) is 0 Å². The topological polar surface area (TPSA) is 51.5 Å². The van der Waals surface area contributed by atoms with E-state index in [1.807, 2.05) is 44.2 Å². The summed E-state index contributed by atoms with van der Waals surface area (Å²) in [5.41, 5.74) is 6.89. The van der Waals surface area contributed by atoms with Crippen molar-refractivity contribution in [2.24, 2.45) is 0 Å². The summed E-state index contributed by atoms with van der Waals surface area (Å²) in [6, 6.07) is 12.5. The van der Waals surface area contributed by atoms with Crippen molar-refractivity contribution in [3.8, 4) is 11.1 Å². The number of benzene rings is 2. The Kier molecular flexibility index (Phi) is 7.67. The molecule has 4 nitrogen and oxygen atoms in total. The van der Waals surface area contributed by atoms with Crippen molar-refractivity contribution in [3.63, 3.8) is 0 Å². The molecule has 0 aliphatic carbocycles. The number of allylic oxidation sites excluding steroid dienone is 3. The van der Waals surface area contributed by atoms with Gasteiger partial charge in [0.25, 0.3) is 5.91 Å². The van der Waals surface area contributed by atoms with Gasteiger partial charge < -0.3 is 14.5 Å². The molecule has 1 saturated heterocycles. The van der Waals surface area contributed by atoms with E-state index in [-0.39, 0.29) is 17.8 Å². The van der Waals surface area contributed by atoms with Crippen molar-refractivity contribution < 1.29 is 18.3 Å². The molecule has 1 aliphatic heterocycles. The lowest BCUT2D eigenvalue weighted by Crippen LogP contribution is -2.38. The van der Waals surface area contributed by atoms with E-state index < -0.39 is 0 Å². The van der Waals surface area contributed by atoms with E-state index in [0.717, 1.165) is 64.0 Å². The van der Waals surface area contributed by atoms with Crippen LogP contribution in [0.25, 0.3) is 22.3 Å². The number of carbonyl (C=O) groups is 1. The number of hydrogen-bond donors (Lipinski definition) is 1. The number of halogens is 1. The van der Waals surface area contributed by atoms with Crippen LogP contribution >= 0.6 is 0 Å².